The van der Waals surface area contributed by atoms with E-state index in [1.165, 1.54) is 11.8 Å². The van der Waals surface area contributed by atoms with Gasteiger partial charge in [-0.05, 0) is 51.0 Å². The summed E-state index contributed by atoms with van der Waals surface area (Å²) in [5.74, 6) is 2.51. The van der Waals surface area contributed by atoms with Crippen molar-refractivity contribution in [2.75, 3.05) is 44.6 Å². The molecule has 1 N–H and O–H groups in total. The fraction of sp³-hybridized carbons (Fsp3) is 0.812. The molecule has 0 spiro atoms. The first-order valence-electron chi connectivity index (χ1n) is 7.87. The SMILES string of the molecule is [B]C1OC(CCP(=C)(C)CP(=C)(C)CP(=C)(C)C)C(C)C1O. The van der Waals surface area contributed by atoms with Gasteiger partial charge in [0, 0.05) is 11.9 Å². The number of aliphatic hydroxyl groups excluding tert-OH is 1. The van der Waals surface area contributed by atoms with Gasteiger partial charge in [0.15, 0.2) is 0 Å². The molecule has 0 aromatic rings. The molecule has 1 heterocycles. The second-order valence-corrected chi connectivity index (χ2v) is 21.5. The lowest BCUT2D eigenvalue weighted by molar-refractivity contribution is 0.0582. The molecule has 0 amide bonds. The van der Waals surface area contributed by atoms with E-state index in [0.717, 1.165) is 12.6 Å². The normalized spacial score (nSPS) is 35.0. The monoisotopic (exact) mass is 362 g/mol. The van der Waals surface area contributed by atoms with Gasteiger partial charge in [-0.15, -0.1) is 39.6 Å². The van der Waals surface area contributed by atoms with Gasteiger partial charge in [-0.2, -0.15) is 0 Å². The summed E-state index contributed by atoms with van der Waals surface area (Å²) in [5, 5.41) is 9.92. The fourth-order valence-electron chi connectivity index (χ4n) is 3.56. The first-order chi connectivity index (χ1) is 9.72. The second kappa shape index (κ2) is 7.41. The van der Waals surface area contributed by atoms with Crippen molar-refractivity contribution in [3.05, 3.63) is 0 Å². The van der Waals surface area contributed by atoms with Gasteiger partial charge < -0.3 is 9.84 Å². The Hall–Kier alpha value is 0.885. The van der Waals surface area contributed by atoms with Crippen LogP contribution in [-0.4, -0.2) is 94.7 Å². The van der Waals surface area contributed by atoms with E-state index >= 15 is 0 Å². The van der Waals surface area contributed by atoms with Gasteiger partial charge in [-0.3, -0.25) is 0 Å². The molecule has 1 rings (SSSR count). The molecule has 1 aliphatic rings. The maximum atomic E-state index is 9.92. The molecule has 1 aliphatic heterocycles. The zero-order valence-electron chi connectivity index (χ0n) is 15.0. The van der Waals surface area contributed by atoms with Crippen molar-refractivity contribution in [2.24, 2.45) is 5.92 Å². The molecule has 22 heavy (non-hydrogen) atoms. The molecule has 0 aliphatic carbocycles. The van der Waals surface area contributed by atoms with E-state index in [0.29, 0.717) is 0 Å². The predicted octanol–water partition coefficient (Wildman–Crippen LogP) is 3.05. The van der Waals surface area contributed by atoms with Crippen molar-refractivity contribution in [2.45, 2.75) is 31.6 Å². The average molecular weight is 362 g/mol. The van der Waals surface area contributed by atoms with Crippen LogP contribution in [0.15, 0.2) is 0 Å². The molecule has 0 aromatic carbocycles. The highest BCUT2D eigenvalue weighted by molar-refractivity contribution is 7.95. The van der Waals surface area contributed by atoms with Crippen LogP contribution in [0.4, 0.5) is 0 Å². The molecule has 6 unspecified atom stereocenters. The second-order valence-electron chi connectivity index (χ2n) is 8.46. The van der Waals surface area contributed by atoms with Gasteiger partial charge in [-0.25, -0.2) is 0 Å². The van der Waals surface area contributed by atoms with E-state index in [9.17, 15) is 5.11 Å². The third-order valence-electron chi connectivity index (χ3n) is 4.15. The lowest BCUT2D eigenvalue weighted by atomic mass is 9.88. The molecule has 1 fully saturated rings. The molecule has 6 heteroatoms. The Balaban J connectivity index is 2.60. The zero-order valence-corrected chi connectivity index (χ0v) is 17.7. The summed E-state index contributed by atoms with van der Waals surface area (Å²) in [6.07, 6.45) is 15.0. The minimum Gasteiger partial charge on any atom is -0.391 e. The van der Waals surface area contributed by atoms with Crippen LogP contribution in [-0.2, 0) is 4.74 Å². The van der Waals surface area contributed by atoms with Crippen LogP contribution in [0.25, 0.3) is 0 Å². The van der Waals surface area contributed by atoms with Gasteiger partial charge in [0.05, 0.1) is 12.2 Å². The van der Waals surface area contributed by atoms with E-state index < -0.39 is 32.8 Å². The highest BCUT2D eigenvalue weighted by atomic mass is 31.2. The number of ether oxygens (including phenoxy) is 1. The summed E-state index contributed by atoms with van der Waals surface area (Å²) in [6, 6.07) is -0.531. The first-order valence-corrected chi connectivity index (χ1v) is 16.5. The summed E-state index contributed by atoms with van der Waals surface area (Å²) in [4.78, 5) is 0. The van der Waals surface area contributed by atoms with Crippen LogP contribution >= 0.6 is 20.7 Å². The Morgan fingerprint density at radius 1 is 1.05 bits per heavy atom. The van der Waals surface area contributed by atoms with Gasteiger partial charge in [0.2, 0.25) is 0 Å². The molecule has 1 saturated heterocycles. The summed E-state index contributed by atoms with van der Waals surface area (Å²) < 4.78 is 5.70. The Kier molecular flexibility index (Phi) is 7.05. The van der Waals surface area contributed by atoms with Crippen LogP contribution in [0.5, 0.6) is 0 Å². The lowest BCUT2D eigenvalue weighted by Crippen LogP contribution is -2.25. The molecule has 2 radical (unpaired) electrons. The van der Waals surface area contributed by atoms with Crippen molar-refractivity contribution >= 4 is 47.4 Å². The molecule has 6 atom stereocenters. The number of aliphatic hydroxyl groups is 1. The van der Waals surface area contributed by atoms with E-state index in [1.54, 1.807) is 0 Å². The standard InChI is InChI=1S/C16H34BO2P3/c1-13-14(19-16(17)15(13)18)9-10-21(5,6)12-22(7,8)11-20(2,3)4/h13-16,18H,2,5,7,9-12H2,1,3-4,6,8H3. The highest BCUT2D eigenvalue weighted by Gasteiger charge is 2.37. The molecular weight excluding hydrogens is 328 g/mol. The van der Waals surface area contributed by atoms with Crippen molar-refractivity contribution in [1.82, 2.24) is 0 Å². The molecule has 0 saturated carbocycles. The Bertz CT molecular complexity index is 525. The quantitative estimate of drug-likeness (QED) is 0.557. The largest absolute Gasteiger partial charge is 0.391 e. The lowest BCUT2D eigenvalue weighted by Gasteiger charge is -2.32. The Morgan fingerprint density at radius 3 is 2.00 bits per heavy atom. The summed E-state index contributed by atoms with van der Waals surface area (Å²) >= 11 is 0. The molecule has 2 nitrogen and oxygen atoms in total. The third kappa shape index (κ3) is 6.79. The minimum atomic E-state index is -1.24. The maximum Gasteiger partial charge on any atom is 0.112 e. The van der Waals surface area contributed by atoms with Crippen LogP contribution in [0.2, 0.25) is 0 Å². The molecule has 0 aromatic heterocycles. The van der Waals surface area contributed by atoms with Crippen LogP contribution in [0.1, 0.15) is 13.3 Å². The summed E-state index contributed by atoms with van der Waals surface area (Å²) in [7, 11) is 5.78. The van der Waals surface area contributed by atoms with E-state index in [2.05, 4.69) is 45.6 Å². The highest BCUT2D eigenvalue weighted by Crippen LogP contribution is 2.63. The van der Waals surface area contributed by atoms with Crippen molar-refractivity contribution < 1.29 is 9.84 Å². The van der Waals surface area contributed by atoms with Gasteiger partial charge in [0.1, 0.15) is 7.85 Å². The smallest absolute Gasteiger partial charge is 0.112 e. The fourth-order valence-corrected chi connectivity index (χ4v) is 20.2. The maximum absolute atomic E-state index is 9.92. The minimum absolute atomic E-state index is 0.0669. The topological polar surface area (TPSA) is 29.5 Å². The number of hydrogen-bond acceptors (Lipinski definition) is 2. The number of hydrogen-bond donors (Lipinski definition) is 1. The molecule has 0 bridgehead atoms. The van der Waals surface area contributed by atoms with Crippen molar-refractivity contribution in [1.29, 1.82) is 0 Å². The molecule has 128 valence electrons. The van der Waals surface area contributed by atoms with Crippen LogP contribution < -0.4 is 0 Å². The predicted molar refractivity (Wildman–Crippen MR) is 115 cm³/mol. The van der Waals surface area contributed by atoms with Crippen LogP contribution in [0.3, 0.4) is 0 Å². The zero-order chi connectivity index (χ0) is 17.3. The first kappa shape index (κ1) is 20.9. The van der Waals surface area contributed by atoms with Gasteiger partial charge in [0.25, 0.3) is 0 Å². The van der Waals surface area contributed by atoms with Crippen LogP contribution in [0, 0.1) is 5.92 Å². The van der Waals surface area contributed by atoms with E-state index in [-0.39, 0.29) is 12.0 Å². The Labute approximate surface area is 139 Å². The average Bonchev–Trinajstić information content (AvgIpc) is 2.49. The molecular formula is C16H34BO2P3. The van der Waals surface area contributed by atoms with E-state index in [4.69, 9.17) is 12.6 Å². The van der Waals surface area contributed by atoms with Gasteiger partial charge >= 0.3 is 0 Å². The number of rotatable bonds is 7. The summed E-state index contributed by atoms with van der Waals surface area (Å²) in [5.41, 5.74) is 0. The van der Waals surface area contributed by atoms with Gasteiger partial charge in [-0.1, -0.05) is 6.92 Å². The third-order valence-corrected chi connectivity index (χ3v) is 16.7. The van der Waals surface area contributed by atoms with Crippen molar-refractivity contribution in [3.63, 3.8) is 0 Å². The van der Waals surface area contributed by atoms with E-state index in [1.807, 2.05) is 6.92 Å². The Morgan fingerprint density at radius 2 is 1.59 bits per heavy atom. The summed E-state index contributed by atoms with van der Waals surface area (Å²) in [6.45, 7) is 7.85. The van der Waals surface area contributed by atoms with Crippen molar-refractivity contribution in [3.8, 4) is 0 Å².